The topological polar surface area (TPSA) is 26.3 Å². The highest BCUT2D eigenvalue weighted by atomic mass is 32.1. The Bertz CT molecular complexity index is 445. The van der Waals surface area contributed by atoms with Gasteiger partial charge in [-0.3, -0.25) is 4.79 Å². The third-order valence-electron chi connectivity index (χ3n) is 1.86. The van der Waals surface area contributed by atoms with Crippen molar-refractivity contribution in [2.75, 3.05) is 7.11 Å². The van der Waals surface area contributed by atoms with Crippen molar-refractivity contribution < 1.29 is 9.53 Å². The molecule has 13 heavy (non-hydrogen) atoms. The summed E-state index contributed by atoms with van der Waals surface area (Å²) in [6, 6.07) is 7.66. The summed E-state index contributed by atoms with van der Waals surface area (Å²) >= 11 is 1.49. The summed E-state index contributed by atoms with van der Waals surface area (Å²) in [5.74, 6) is 0.822. The number of fused-ring (bicyclic) bond motifs is 1. The van der Waals surface area contributed by atoms with Crippen molar-refractivity contribution in [3.8, 4) is 5.75 Å². The van der Waals surface area contributed by atoms with Gasteiger partial charge in [-0.1, -0.05) is 0 Å². The van der Waals surface area contributed by atoms with Gasteiger partial charge in [0.1, 0.15) is 5.75 Å². The molecule has 0 saturated carbocycles. The summed E-state index contributed by atoms with van der Waals surface area (Å²) in [6.07, 6.45) is 0.872. The first-order valence-corrected chi connectivity index (χ1v) is 4.68. The molecular weight excluding hydrogens is 184 g/mol. The Hall–Kier alpha value is -1.35. The number of carbonyl (C=O) groups excluding carboxylic acids is 1. The highest BCUT2D eigenvalue weighted by Gasteiger charge is 2.01. The largest absolute Gasteiger partial charge is 0.497 e. The fourth-order valence-corrected chi connectivity index (χ4v) is 2.09. The van der Waals surface area contributed by atoms with E-state index in [0.29, 0.717) is 0 Å². The Kier molecular flexibility index (Phi) is 2.02. The van der Waals surface area contributed by atoms with Gasteiger partial charge >= 0.3 is 0 Å². The fraction of sp³-hybridized carbons (Fsp3) is 0.100. The summed E-state index contributed by atoms with van der Waals surface area (Å²) < 4.78 is 6.20. The zero-order valence-corrected chi connectivity index (χ0v) is 7.93. The normalized spacial score (nSPS) is 10.2. The van der Waals surface area contributed by atoms with Crippen molar-refractivity contribution in [1.82, 2.24) is 0 Å². The average Bonchev–Trinajstić information content (AvgIpc) is 2.58. The smallest absolute Gasteiger partial charge is 0.160 e. The van der Waals surface area contributed by atoms with Crippen molar-refractivity contribution in [3.63, 3.8) is 0 Å². The highest BCUT2D eigenvalue weighted by molar-refractivity contribution is 7.20. The molecule has 1 aromatic carbocycles. The van der Waals surface area contributed by atoms with Crippen LogP contribution in [-0.2, 0) is 0 Å². The number of ether oxygens (including phenoxy) is 1. The van der Waals surface area contributed by atoms with Gasteiger partial charge in [-0.05, 0) is 29.7 Å². The number of hydrogen-bond acceptors (Lipinski definition) is 3. The zero-order valence-electron chi connectivity index (χ0n) is 7.11. The van der Waals surface area contributed by atoms with Crippen LogP contribution in [0, 0.1) is 0 Å². The third-order valence-corrected chi connectivity index (χ3v) is 2.90. The van der Waals surface area contributed by atoms with E-state index < -0.39 is 0 Å². The molecule has 0 spiro atoms. The molecule has 1 heterocycles. The first-order chi connectivity index (χ1) is 6.33. The van der Waals surface area contributed by atoms with E-state index in [0.717, 1.165) is 27.0 Å². The molecule has 3 heteroatoms. The van der Waals surface area contributed by atoms with Crippen LogP contribution in [0.5, 0.6) is 5.75 Å². The number of hydrogen-bond donors (Lipinski definition) is 0. The van der Waals surface area contributed by atoms with E-state index in [1.165, 1.54) is 11.3 Å². The number of thiophene rings is 1. The maximum absolute atomic E-state index is 10.5. The molecule has 0 N–H and O–H groups in total. The van der Waals surface area contributed by atoms with Gasteiger partial charge in [0.15, 0.2) is 6.29 Å². The summed E-state index contributed by atoms with van der Waals surface area (Å²) in [4.78, 5) is 11.3. The molecule has 0 amide bonds. The van der Waals surface area contributed by atoms with Crippen molar-refractivity contribution in [2.24, 2.45) is 0 Å². The van der Waals surface area contributed by atoms with E-state index in [1.54, 1.807) is 7.11 Å². The maximum Gasteiger partial charge on any atom is 0.160 e. The quantitative estimate of drug-likeness (QED) is 0.684. The van der Waals surface area contributed by atoms with Crippen LogP contribution in [0.2, 0.25) is 0 Å². The van der Waals surface area contributed by atoms with Gasteiger partial charge in [-0.25, -0.2) is 0 Å². The van der Waals surface area contributed by atoms with Crippen LogP contribution in [0.4, 0.5) is 0 Å². The molecule has 0 atom stereocenters. The van der Waals surface area contributed by atoms with Crippen LogP contribution >= 0.6 is 11.3 Å². The van der Waals surface area contributed by atoms with Gasteiger partial charge in [0.05, 0.1) is 12.0 Å². The van der Waals surface area contributed by atoms with Gasteiger partial charge in [0.25, 0.3) is 0 Å². The minimum absolute atomic E-state index is 0.753. The van der Waals surface area contributed by atoms with Gasteiger partial charge in [0.2, 0.25) is 0 Å². The van der Waals surface area contributed by atoms with Crippen molar-refractivity contribution in [2.45, 2.75) is 0 Å². The summed E-state index contributed by atoms with van der Waals surface area (Å²) in [7, 11) is 1.63. The van der Waals surface area contributed by atoms with Gasteiger partial charge < -0.3 is 4.74 Å². The lowest BCUT2D eigenvalue weighted by Gasteiger charge is -1.97. The minimum atomic E-state index is 0.753. The average molecular weight is 192 g/mol. The van der Waals surface area contributed by atoms with Crippen molar-refractivity contribution in [3.05, 3.63) is 29.1 Å². The Balaban J connectivity index is 2.63. The molecule has 0 aliphatic heterocycles. The number of carbonyl (C=O) groups is 1. The molecule has 2 nitrogen and oxygen atoms in total. The van der Waals surface area contributed by atoms with Crippen LogP contribution in [-0.4, -0.2) is 13.4 Å². The lowest BCUT2D eigenvalue weighted by atomic mass is 10.2. The van der Waals surface area contributed by atoms with Crippen LogP contribution in [0.1, 0.15) is 9.67 Å². The van der Waals surface area contributed by atoms with E-state index in [2.05, 4.69) is 0 Å². The predicted molar refractivity (Wildman–Crippen MR) is 53.8 cm³/mol. The highest BCUT2D eigenvalue weighted by Crippen LogP contribution is 2.27. The molecule has 0 aliphatic carbocycles. The number of methoxy groups -OCH3 is 1. The Morgan fingerprint density at radius 1 is 1.38 bits per heavy atom. The fourth-order valence-electron chi connectivity index (χ4n) is 1.23. The summed E-state index contributed by atoms with van der Waals surface area (Å²) in [5, 5.41) is 1.06. The van der Waals surface area contributed by atoms with E-state index in [4.69, 9.17) is 4.74 Å². The lowest BCUT2D eigenvalue weighted by molar-refractivity contribution is 0.112. The monoisotopic (exact) mass is 192 g/mol. The number of rotatable bonds is 2. The van der Waals surface area contributed by atoms with E-state index in [-0.39, 0.29) is 0 Å². The minimum Gasteiger partial charge on any atom is -0.497 e. The number of benzene rings is 1. The molecule has 0 unspecified atom stereocenters. The second kappa shape index (κ2) is 3.18. The Morgan fingerprint density at radius 2 is 2.23 bits per heavy atom. The molecule has 2 rings (SSSR count). The van der Waals surface area contributed by atoms with Crippen LogP contribution in [0.25, 0.3) is 10.1 Å². The van der Waals surface area contributed by atoms with Crippen LogP contribution in [0.3, 0.4) is 0 Å². The first kappa shape index (κ1) is 8.26. The van der Waals surface area contributed by atoms with Gasteiger partial charge in [-0.15, -0.1) is 11.3 Å². The Labute approximate surface area is 79.8 Å². The molecule has 66 valence electrons. The maximum atomic E-state index is 10.5. The molecule has 0 aliphatic rings. The van der Waals surface area contributed by atoms with E-state index in [1.807, 2.05) is 24.3 Å². The van der Waals surface area contributed by atoms with Crippen LogP contribution < -0.4 is 4.74 Å². The molecule has 2 aromatic rings. The lowest BCUT2D eigenvalue weighted by Crippen LogP contribution is -1.79. The zero-order chi connectivity index (χ0) is 9.26. The SMILES string of the molecule is COc1ccc2sc(C=O)cc2c1. The molecule has 0 fully saturated rings. The molecule has 1 aromatic heterocycles. The molecule has 0 saturated heterocycles. The Morgan fingerprint density at radius 3 is 2.92 bits per heavy atom. The van der Waals surface area contributed by atoms with Crippen molar-refractivity contribution in [1.29, 1.82) is 0 Å². The van der Waals surface area contributed by atoms with Crippen LogP contribution in [0.15, 0.2) is 24.3 Å². The van der Waals surface area contributed by atoms with Gasteiger partial charge in [0, 0.05) is 4.70 Å². The summed E-state index contributed by atoms with van der Waals surface area (Å²) in [6.45, 7) is 0. The second-order valence-corrected chi connectivity index (χ2v) is 3.79. The first-order valence-electron chi connectivity index (χ1n) is 3.86. The van der Waals surface area contributed by atoms with Crippen molar-refractivity contribution >= 4 is 27.7 Å². The third kappa shape index (κ3) is 1.42. The standard InChI is InChI=1S/C10H8O2S/c1-12-8-2-3-10-7(4-8)5-9(6-11)13-10/h2-6H,1H3. The summed E-state index contributed by atoms with van der Waals surface area (Å²) in [5.41, 5.74) is 0. The van der Waals surface area contributed by atoms with E-state index in [9.17, 15) is 4.79 Å². The predicted octanol–water partition coefficient (Wildman–Crippen LogP) is 2.72. The van der Waals surface area contributed by atoms with E-state index >= 15 is 0 Å². The second-order valence-electron chi connectivity index (χ2n) is 2.67. The molecule has 0 bridgehead atoms. The van der Waals surface area contributed by atoms with Gasteiger partial charge in [-0.2, -0.15) is 0 Å². The number of aldehydes is 1. The molecular formula is C10H8O2S. The molecule has 0 radical (unpaired) electrons.